The minimum absolute atomic E-state index is 0.138. The largest absolute Gasteiger partial charge is 0.404 e. The first kappa shape index (κ1) is 22.1. The molecule has 0 bridgehead atoms. The number of nitrogens with one attached hydrogen (secondary N) is 2. The van der Waals surface area contributed by atoms with Gasteiger partial charge in [0.2, 0.25) is 11.8 Å². The topological polar surface area (TPSA) is 61.4 Å². The molecule has 1 aliphatic rings. The van der Waals surface area contributed by atoms with E-state index in [1.54, 1.807) is 29.2 Å². The molecule has 160 valence electrons. The van der Waals surface area contributed by atoms with Gasteiger partial charge in [0, 0.05) is 23.8 Å². The van der Waals surface area contributed by atoms with Crippen LogP contribution < -0.4 is 10.6 Å². The molecular weight excluding hydrogens is 419 g/mol. The normalized spacial score (nSPS) is 19.5. The highest BCUT2D eigenvalue weighted by atomic mass is 35.5. The van der Waals surface area contributed by atoms with Gasteiger partial charge in [-0.25, -0.2) is 0 Å². The van der Waals surface area contributed by atoms with E-state index in [1.807, 2.05) is 30.3 Å². The van der Waals surface area contributed by atoms with Crippen molar-refractivity contribution in [1.82, 2.24) is 10.2 Å². The van der Waals surface area contributed by atoms with Crippen LogP contribution in [0, 0.1) is 5.41 Å². The van der Waals surface area contributed by atoms with Crippen molar-refractivity contribution in [3.63, 3.8) is 0 Å². The zero-order valence-electron chi connectivity index (χ0n) is 16.0. The van der Waals surface area contributed by atoms with E-state index in [0.717, 1.165) is 5.56 Å². The summed E-state index contributed by atoms with van der Waals surface area (Å²) in [6.45, 7) is -0.546. The lowest BCUT2D eigenvalue weighted by molar-refractivity contribution is -0.218. The van der Waals surface area contributed by atoms with Crippen molar-refractivity contribution in [2.45, 2.75) is 19.1 Å². The van der Waals surface area contributed by atoms with Gasteiger partial charge in [-0.05, 0) is 42.8 Å². The monoisotopic (exact) mass is 439 g/mol. The molecule has 0 spiro atoms. The van der Waals surface area contributed by atoms with E-state index in [1.165, 1.54) is 0 Å². The number of anilines is 1. The van der Waals surface area contributed by atoms with Gasteiger partial charge in [-0.3, -0.25) is 14.5 Å². The van der Waals surface area contributed by atoms with E-state index in [2.05, 4.69) is 10.6 Å². The summed E-state index contributed by atoms with van der Waals surface area (Å²) in [5, 5.41) is 5.15. The molecule has 2 amide bonds. The first-order valence-corrected chi connectivity index (χ1v) is 9.74. The van der Waals surface area contributed by atoms with Crippen molar-refractivity contribution < 1.29 is 22.8 Å². The molecule has 5 nitrogen and oxygen atoms in total. The molecule has 1 saturated heterocycles. The Morgan fingerprint density at radius 2 is 1.73 bits per heavy atom. The average Bonchev–Trinajstić information content (AvgIpc) is 3.14. The number of halogens is 4. The Balaban J connectivity index is 1.61. The van der Waals surface area contributed by atoms with E-state index < -0.39 is 36.5 Å². The van der Waals surface area contributed by atoms with Crippen LogP contribution in [0.2, 0.25) is 5.02 Å². The number of alkyl halides is 3. The highest BCUT2D eigenvalue weighted by Gasteiger charge is 2.62. The molecule has 2 N–H and O–H groups in total. The van der Waals surface area contributed by atoms with Crippen LogP contribution in [0.1, 0.15) is 12.0 Å². The number of hydrogen-bond acceptors (Lipinski definition) is 3. The summed E-state index contributed by atoms with van der Waals surface area (Å²) >= 11 is 5.76. The number of benzene rings is 2. The van der Waals surface area contributed by atoms with Gasteiger partial charge < -0.3 is 10.6 Å². The smallest absolute Gasteiger partial charge is 0.346 e. The number of carbonyl (C=O) groups excluding carboxylic acids is 2. The average molecular weight is 440 g/mol. The number of carbonyl (C=O) groups is 2. The maximum Gasteiger partial charge on any atom is 0.404 e. The Labute approximate surface area is 177 Å². The maximum absolute atomic E-state index is 13.9. The highest BCUT2D eigenvalue weighted by Crippen LogP contribution is 2.46. The molecule has 1 unspecified atom stereocenters. The van der Waals surface area contributed by atoms with Crippen LogP contribution in [0.3, 0.4) is 0 Å². The summed E-state index contributed by atoms with van der Waals surface area (Å²) in [6, 6.07) is 15.3. The number of rotatable bonds is 6. The molecule has 0 radical (unpaired) electrons. The minimum atomic E-state index is -4.73. The lowest BCUT2D eigenvalue weighted by Gasteiger charge is -2.30. The molecule has 3 rings (SSSR count). The Kier molecular flexibility index (Phi) is 6.67. The summed E-state index contributed by atoms with van der Waals surface area (Å²) in [6.07, 6.45) is -5.08. The zero-order valence-corrected chi connectivity index (χ0v) is 16.8. The van der Waals surface area contributed by atoms with E-state index in [0.29, 0.717) is 17.3 Å². The van der Waals surface area contributed by atoms with Crippen molar-refractivity contribution in [3.05, 3.63) is 65.2 Å². The van der Waals surface area contributed by atoms with Crippen LogP contribution in [0.5, 0.6) is 0 Å². The zero-order chi connectivity index (χ0) is 21.8. The molecule has 1 atom stereocenters. The predicted molar refractivity (Wildman–Crippen MR) is 108 cm³/mol. The first-order chi connectivity index (χ1) is 14.2. The molecule has 2 aromatic rings. The van der Waals surface area contributed by atoms with Gasteiger partial charge in [0.05, 0.1) is 6.54 Å². The van der Waals surface area contributed by atoms with Crippen molar-refractivity contribution in [2.75, 3.05) is 25.0 Å². The minimum Gasteiger partial charge on any atom is -0.346 e. The summed E-state index contributed by atoms with van der Waals surface area (Å²) in [5.74, 6) is -1.81. The van der Waals surface area contributed by atoms with Gasteiger partial charge >= 0.3 is 6.18 Å². The van der Waals surface area contributed by atoms with Crippen LogP contribution in [0.25, 0.3) is 0 Å². The van der Waals surface area contributed by atoms with Gasteiger partial charge in [-0.15, -0.1) is 0 Å². The van der Waals surface area contributed by atoms with E-state index >= 15 is 0 Å². The third-order valence-electron chi connectivity index (χ3n) is 5.11. The van der Waals surface area contributed by atoms with Gasteiger partial charge in [-0.2, -0.15) is 13.2 Å². The van der Waals surface area contributed by atoms with Gasteiger partial charge in [0.25, 0.3) is 0 Å². The van der Waals surface area contributed by atoms with Crippen LogP contribution in [0.4, 0.5) is 18.9 Å². The van der Waals surface area contributed by atoms with Crippen molar-refractivity contribution in [1.29, 1.82) is 0 Å². The summed E-state index contributed by atoms with van der Waals surface area (Å²) in [7, 11) is 0. The standard InChI is InChI=1S/C21H21ClF3N3O2/c22-16-6-8-17(9-7-16)27-18(29)12-26-19(30)20(21(23,24)25)10-11-28(14-20)13-15-4-2-1-3-5-15/h1-9H,10-14H2,(H,26,30)(H,27,29). The first-order valence-electron chi connectivity index (χ1n) is 9.36. The molecule has 1 aliphatic heterocycles. The quantitative estimate of drug-likeness (QED) is 0.718. The van der Waals surface area contributed by atoms with Crippen LogP contribution in [0.15, 0.2) is 54.6 Å². The van der Waals surface area contributed by atoms with Crippen LogP contribution >= 0.6 is 11.6 Å². The molecular formula is C21H21ClF3N3O2. The fourth-order valence-corrected chi connectivity index (χ4v) is 3.60. The molecule has 1 heterocycles. The van der Waals surface area contributed by atoms with E-state index in [4.69, 9.17) is 11.6 Å². The Hall–Kier alpha value is -2.58. The molecule has 1 fully saturated rings. The Morgan fingerprint density at radius 3 is 2.37 bits per heavy atom. The summed E-state index contributed by atoms with van der Waals surface area (Å²) in [5.41, 5.74) is -1.24. The highest BCUT2D eigenvalue weighted by molar-refractivity contribution is 6.30. The van der Waals surface area contributed by atoms with Gasteiger partial charge in [0.1, 0.15) is 0 Å². The molecule has 0 aliphatic carbocycles. The predicted octanol–water partition coefficient (Wildman–Crippen LogP) is 3.85. The van der Waals surface area contributed by atoms with E-state index in [-0.39, 0.29) is 13.0 Å². The molecule has 9 heteroatoms. The summed E-state index contributed by atoms with van der Waals surface area (Å²) < 4.78 is 41.7. The second kappa shape index (κ2) is 9.06. The van der Waals surface area contributed by atoms with Crippen molar-refractivity contribution in [2.24, 2.45) is 5.41 Å². The Bertz CT molecular complexity index is 891. The molecule has 0 saturated carbocycles. The maximum atomic E-state index is 13.9. The summed E-state index contributed by atoms with van der Waals surface area (Å²) in [4.78, 5) is 26.2. The number of likely N-dealkylation sites (tertiary alicyclic amines) is 1. The fourth-order valence-electron chi connectivity index (χ4n) is 3.48. The second-order valence-corrected chi connectivity index (χ2v) is 7.70. The van der Waals surface area contributed by atoms with Crippen LogP contribution in [-0.2, 0) is 16.1 Å². The Morgan fingerprint density at radius 1 is 1.07 bits per heavy atom. The van der Waals surface area contributed by atoms with Crippen molar-refractivity contribution in [3.8, 4) is 0 Å². The third kappa shape index (κ3) is 5.12. The number of nitrogens with zero attached hydrogens (tertiary/aromatic N) is 1. The van der Waals surface area contributed by atoms with Gasteiger partial charge in [-0.1, -0.05) is 41.9 Å². The van der Waals surface area contributed by atoms with Crippen LogP contribution in [-0.4, -0.2) is 42.5 Å². The van der Waals surface area contributed by atoms with Gasteiger partial charge in [0.15, 0.2) is 5.41 Å². The fraction of sp³-hybridized carbons (Fsp3) is 0.333. The lowest BCUT2D eigenvalue weighted by atomic mass is 9.85. The van der Waals surface area contributed by atoms with E-state index in [9.17, 15) is 22.8 Å². The molecule has 30 heavy (non-hydrogen) atoms. The lowest BCUT2D eigenvalue weighted by Crippen LogP contribution is -2.53. The second-order valence-electron chi connectivity index (χ2n) is 7.26. The third-order valence-corrected chi connectivity index (χ3v) is 5.36. The molecule has 0 aromatic heterocycles. The SMILES string of the molecule is O=C(CNC(=O)C1(C(F)(F)F)CCN(Cc2ccccc2)C1)Nc1ccc(Cl)cc1. The van der Waals surface area contributed by atoms with Crippen molar-refractivity contribution >= 4 is 29.1 Å². The number of hydrogen-bond donors (Lipinski definition) is 2. The molecule has 2 aromatic carbocycles. The number of amides is 2.